The molecule has 0 aromatic carbocycles. The highest BCUT2D eigenvalue weighted by molar-refractivity contribution is 7.09. The van der Waals surface area contributed by atoms with Crippen molar-refractivity contribution in [2.24, 2.45) is 0 Å². The molecule has 116 valence electrons. The van der Waals surface area contributed by atoms with Crippen LogP contribution >= 0.6 is 11.3 Å². The first-order valence-electron chi connectivity index (χ1n) is 7.22. The van der Waals surface area contributed by atoms with Crippen molar-refractivity contribution in [2.45, 2.75) is 26.4 Å². The first kappa shape index (κ1) is 15.1. The van der Waals surface area contributed by atoms with Crippen LogP contribution in [0.5, 0.6) is 0 Å². The molecule has 0 aliphatic carbocycles. The number of hydrogen-bond acceptors (Lipinski definition) is 6. The molecule has 1 unspecified atom stereocenters. The van der Waals surface area contributed by atoms with Gasteiger partial charge in [0, 0.05) is 18.1 Å². The first-order chi connectivity index (χ1) is 10.6. The van der Waals surface area contributed by atoms with Crippen LogP contribution in [0.2, 0.25) is 0 Å². The highest BCUT2D eigenvalue weighted by Gasteiger charge is 2.26. The minimum absolute atomic E-state index is 0.0874. The van der Waals surface area contributed by atoms with Gasteiger partial charge >= 0.3 is 0 Å². The third kappa shape index (κ3) is 3.48. The van der Waals surface area contributed by atoms with Crippen LogP contribution in [0, 0.1) is 13.8 Å². The molecular formula is C15H18N4O2S. The number of nitrogens with zero attached hydrogens (tertiary/aromatic N) is 4. The third-order valence-corrected chi connectivity index (χ3v) is 4.37. The summed E-state index contributed by atoms with van der Waals surface area (Å²) in [7, 11) is 0. The van der Waals surface area contributed by atoms with Crippen molar-refractivity contribution in [2.75, 3.05) is 19.7 Å². The van der Waals surface area contributed by atoms with Crippen LogP contribution in [0.25, 0.3) is 0 Å². The van der Waals surface area contributed by atoms with Gasteiger partial charge in [0.05, 0.1) is 36.0 Å². The predicted octanol–water partition coefficient (Wildman–Crippen LogP) is 1.69. The van der Waals surface area contributed by atoms with E-state index >= 15 is 0 Å². The van der Waals surface area contributed by atoms with Gasteiger partial charge in [0.15, 0.2) is 0 Å². The van der Waals surface area contributed by atoms with Gasteiger partial charge in [-0.25, -0.2) is 15.0 Å². The SMILES string of the molecule is Cc1nccc(C2CN(C(=O)Cc3csc(C)n3)CCO2)n1. The van der Waals surface area contributed by atoms with Gasteiger partial charge in [0.1, 0.15) is 11.9 Å². The Kier molecular flexibility index (Phi) is 4.44. The largest absolute Gasteiger partial charge is 0.368 e. The highest BCUT2D eigenvalue weighted by Crippen LogP contribution is 2.21. The fraction of sp³-hybridized carbons (Fsp3) is 0.467. The molecule has 3 heterocycles. The summed E-state index contributed by atoms with van der Waals surface area (Å²) in [6, 6.07) is 1.84. The molecule has 7 heteroatoms. The molecule has 2 aromatic heterocycles. The Hall–Kier alpha value is -1.86. The topological polar surface area (TPSA) is 68.2 Å². The van der Waals surface area contributed by atoms with Crippen LogP contribution in [-0.2, 0) is 16.0 Å². The van der Waals surface area contributed by atoms with E-state index in [4.69, 9.17) is 4.74 Å². The maximum Gasteiger partial charge on any atom is 0.228 e. The van der Waals surface area contributed by atoms with Gasteiger partial charge in [-0.15, -0.1) is 11.3 Å². The molecule has 0 radical (unpaired) electrons. The fourth-order valence-corrected chi connectivity index (χ4v) is 3.08. The summed E-state index contributed by atoms with van der Waals surface area (Å²) in [6.45, 7) is 5.46. The number of carbonyl (C=O) groups excluding carboxylic acids is 1. The van der Waals surface area contributed by atoms with E-state index in [1.807, 2.05) is 30.2 Å². The number of hydrogen-bond donors (Lipinski definition) is 0. The molecule has 0 spiro atoms. The van der Waals surface area contributed by atoms with E-state index in [1.165, 1.54) is 0 Å². The molecular weight excluding hydrogens is 300 g/mol. The summed E-state index contributed by atoms with van der Waals surface area (Å²) in [5.74, 6) is 0.798. The van der Waals surface area contributed by atoms with E-state index < -0.39 is 0 Å². The minimum Gasteiger partial charge on any atom is -0.368 e. The van der Waals surface area contributed by atoms with Crippen LogP contribution in [0.1, 0.15) is 28.3 Å². The van der Waals surface area contributed by atoms with Gasteiger partial charge < -0.3 is 9.64 Å². The van der Waals surface area contributed by atoms with Crippen LogP contribution in [0.3, 0.4) is 0 Å². The first-order valence-corrected chi connectivity index (χ1v) is 8.09. The van der Waals surface area contributed by atoms with E-state index in [-0.39, 0.29) is 12.0 Å². The lowest BCUT2D eigenvalue weighted by Gasteiger charge is -2.32. The van der Waals surface area contributed by atoms with E-state index in [9.17, 15) is 4.79 Å². The predicted molar refractivity (Wildman–Crippen MR) is 82.6 cm³/mol. The Labute approximate surface area is 133 Å². The second-order valence-electron chi connectivity index (χ2n) is 5.26. The second-order valence-corrected chi connectivity index (χ2v) is 6.32. The monoisotopic (exact) mass is 318 g/mol. The molecule has 1 amide bonds. The lowest BCUT2D eigenvalue weighted by atomic mass is 10.2. The van der Waals surface area contributed by atoms with Crippen molar-refractivity contribution in [3.63, 3.8) is 0 Å². The average Bonchev–Trinajstić information content (AvgIpc) is 2.92. The maximum absolute atomic E-state index is 12.4. The average molecular weight is 318 g/mol. The summed E-state index contributed by atoms with van der Waals surface area (Å²) >= 11 is 1.57. The molecule has 1 aliphatic rings. The molecule has 3 rings (SSSR count). The lowest BCUT2D eigenvalue weighted by molar-refractivity contribution is -0.138. The van der Waals surface area contributed by atoms with Gasteiger partial charge in [-0.1, -0.05) is 0 Å². The standard InChI is InChI=1S/C15H18N4O2S/c1-10-16-4-3-13(17-10)14-8-19(5-6-21-14)15(20)7-12-9-22-11(2)18-12/h3-4,9,14H,5-8H2,1-2H3. The molecule has 1 atom stereocenters. The minimum atomic E-state index is -0.184. The number of amides is 1. The molecule has 0 N–H and O–H groups in total. The van der Waals surface area contributed by atoms with Crippen molar-refractivity contribution < 1.29 is 9.53 Å². The van der Waals surface area contributed by atoms with E-state index in [2.05, 4.69) is 15.0 Å². The number of morpholine rings is 1. The normalized spacial score (nSPS) is 18.5. The molecule has 1 aliphatic heterocycles. The van der Waals surface area contributed by atoms with Gasteiger partial charge in [-0.2, -0.15) is 0 Å². The van der Waals surface area contributed by atoms with Crippen LogP contribution in [0.15, 0.2) is 17.6 Å². The molecule has 6 nitrogen and oxygen atoms in total. The van der Waals surface area contributed by atoms with Gasteiger partial charge in [0.2, 0.25) is 5.91 Å². The quantitative estimate of drug-likeness (QED) is 0.861. The number of rotatable bonds is 3. The summed E-state index contributed by atoms with van der Waals surface area (Å²) in [6.07, 6.45) is 1.89. The van der Waals surface area contributed by atoms with Gasteiger partial charge in [-0.05, 0) is 19.9 Å². The van der Waals surface area contributed by atoms with Crippen molar-refractivity contribution in [3.05, 3.63) is 39.9 Å². The molecule has 22 heavy (non-hydrogen) atoms. The van der Waals surface area contributed by atoms with Crippen LogP contribution < -0.4 is 0 Å². The maximum atomic E-state index is 12.4. The molecule has 1 fully saturated rings. The highest BCUT2D eigenvalue weighted by atomic mass is 32.1. The van der Waals surface area contributed by atoms with Crippen molar-refractivity contribution >= 4 is 17.2 Å². The van der Waals surface area contributed by atoms with Crippen LogP contribution in [0.4, 0.5) is 0 Å². The molecule has 0 bridgehead atoms. The molecule has 0 saturated carbocycles. The van der Waals surface area contributed by atoms with Crippen molar-refractivity contribution in [3.8, 4) is 0 Å². The van der Waals surface area contributed by atoms with Crippen molar-refractivity contribution in [1.82, 2.24) is 19.9 Å². The Morgan fingerprint density at radius 3 is 3.05 bits per heavy atom. The summed E-state index contributed by atoms with van der Waals surface area (Å²) in [5.41, 5.74) is 1.67. The Bertz CT molecular complexity index is 673. The van der Waals surface area contributed by atoms with Gasteiger partial charge in [-0.3, -0.25) is 4.79 Å². The summed E-state index contributed by atoms with van der Waals surface area (Å²) < 4.78 is 5.76. The number of aryl methyl sites for hydroxylation is 2. The zero-order chi connectivity index (χ0) is 15.5. The fourth-order valence-electron chi connectivity index (χ4n) is 2.46. The van der Waals surface area contributed by atoms with Crippen molar-refractivity contribution in [1.29, 1.82) is 0 Å². The van der Waals surface area contributed by atoms with E-state index in [1.54, 1.807) is 17.5 Å². The molecule has 2 aromatic rings. The Morgan fingerprint density at radius 2 is 2.32 bits per heavy atom. The van der Waals surface area contributed by atoms with E-state index in [0.717, 1.165) is 16.4 Å². The zero-order valence-electron chi connectivity index (χ0n) is 12.7. The lowest BCUT2D eigenvalue weighted by Crippen LogP contribution is -2.43. The smallest absolute Gasteiger partial charge is 0.228 e. The number of aromatic nitrogens is 3. The number of thiazole rings is 1. The summed E-state index contributed by atoms with van der Waals surface area (Å²) in [4.78, 5) is 27.1. The third-order valence-electron chi connectivity index (χ3n) is 3.55. The summed E-state index contributed by atoms with van der Waals surface area (Å²) in [5, 5.41) is 2.93. The second kappa shape index (κ2) is 6.50. The molecule has 1 saturated heterocycles. The number of carbonyl (C=O) groups is 1. The number of ether oxygens (including phenoxy) is 1. The van der Waals surface area contributed by atoms with Gasteiger partial charge in [0.25, 0.3) is 0 Å². The zero-order valence-corrected chi connectivity index (χ0v) is 13.5. The van der Waals surface area contributed by atoms with Crippen LogP contribution in [-0.4, -0.2) is 45.5 Å². The Balaban J connectivity index is 1.66. The van der Waals surface area contributed by atoms with E-state index in [0.29, 0.717) is 31.9 Å². The Morgan fingerprint density at radius 1 is 1.45 bits per heavy atom.